The van der Waals surface area contributed by atoms with Crippen molar-refractivity contribution in [2.24, 2.45) is 0 Å². The maximum absolute atomic E-state index is 12.7. The molecule has 1 aliphatic rings. The van der Waals surface area contributed by atoms with E-state index >= 15 is 0 Å². The number of nitrogens with one attached hydrogen (secondary N) is 1. The highest BCUT2D eigenvalue weighted by molar-refractivity contribution is 8.00. The molecule has 0 saturated carbocycles. The number of benzene rings is 1. The molecular formula is C14H16N4OS. The van der Waals surface area contributed by atoms with E-state index in [1.807, 2.05) is 30.0 Å². The summed E-state index contributed by atoms with van der Waals surface area (Å²) in [7, 11) is 0. The van der Waals surface area contributed by atoms with Crippen molar-refractivity contribution in [2.75, 3.05) is 4.90 Å². The van der Waals surface area contributed by atoms with E-state index in [-0.39, 0.29) is 17.2 Å². The smallest absolute Gasteiger partial charge is 0.240 e. The van der Waals surface area contributed by atoms with Crippen molar-refractivity contribution in [3.05, 3.63) is 36.2 Å². The number of hydrogen-bond acceptors (Lipinski definition) is 4. The van der Waals surface area contributed by atoms with E-state index in [1.54, 1.807) is 0 Å². The Hall–Kier alpha value is -1.82. The maximum Gasteiger partial charge on any atom is 0.240 e. The summed E-state index contributed by atoms with van der Waals surface area (Å²) in [4.78, 5) is 18.6. The quantitative estimate of drug-likeness (QED) is 0.880. The molecule has 1 aromatic heterocycles. The molecule has 1 amide bonds. The number of hydrogen-bond donors (Lipinski definition) is 1. The summed E-state index contributed by atoms with van der Waals surface area (Å²) < 4.78 is 0. The maximum atomic E-state index is 12.7. The Bertz CT molecular complexity index is 613. The van der Waals surface area contributed by atoms with Gasteiger partial charge in [0.15, 0.2) is 5.16 Å². The molecule has 0 saturated heterocycles. The molecule has 2 aromatic rings. The first-order valence-electron chi connectivity index (χ1n) is 6.60. The van der Waals surface area contributed by atoms with E-state index in [0.717, 1.165) is 12.1 Å². The molecule has 20 heavy (non-hydrogen) atoms. The molecule has 0 bridgehead atoms. The lowest BCUT2D eigenvalue weighted by Crippen LogP contribution is -2.40. The second-order valence-electron chi connectivity index (χ2n) is 4.94. The highest BCUT2D eigenvalue weighted by atomic mass is 32.2. The summed E-state index contributed by atoms with van der Waals surface area (Å²) in [6.45, 7) is 3.99. The topological polar surface area (TPSA) is 61.9 Å². The van der Waals surface area contributed by atoms with Crippen LogP contribution < -0.4 is 4.90 Å². The standard InChI is InChI=1S/C14H16N4OS/c1-9-7-11-5-3-4-6-12(11)18(9)13(19)10(2)20-14-15-8-16-17-14/h3-6,8-10H,7H2,1-2H3,(H,15,16,17)/t9-,10-/m1/s1. The third kappa shape index (κ3) is 2.31. The first kappa shape index (κ1) is 13.2. The molecule has 0 unspecified atom stereocenters. The number of para-hydroxylation sites is 1. The third-order valence-electron chi connectivity index (χ3n) is 3.47. The molecule has 1 N–H and O–H groups in total. The molecule has 1 aromatic carbocycles. The molecule has 5 nitrogen and oxygen atoms in total. The minimum Gasteiger partial charge on any atom is -0.308 e. The van der Waals surface area contributed by atoms with Gasteiger partial charge in [0, 0.05) is 11.7 Å². The average molecular weight is 288 g/mol. The van der Waals surface area contributed by atoms with Gasteiger partial charge < -0.3 is 4.90 Å². The van der Waals surface area contributed by atoms with Crippen LogP contribution in [0.4, 0.5) is 5.69 Å². The molecule has 3 rings (SSSR count). The first-order chi connectivity index (χ1) is 9.66. The number of fused-ring (bicyclic) bond motifs is 1. The van der Waals surface area contributed by atoms with Crippen LogP contribution in [0.5, 0.6) is 0 Å². The van der Waals surface area contributed by atoms with Gasteiger partial charge in [-0.3, -0.25) is 9.89 Å². The van der Waals surface area contributed by atoms with Crippen LogP contribution in [-0.4, -0.2) is 32.4 Å². The van der Waals surface area contributed by atoms with E-state index in [4.69, 9.17) is 0 Å². The van der Waals surface area contributed by atoms with Gasteiger partial charge in [-0.2, -0.15) is 5.10 Å². The molecule has 6 heteroatoms. The van der Waals surface area contributed by atoms with Crippen molar-refractivity contribution in [3.8, 4) is 0 Å². The predicted molar refractivity (Wildman–Crippen MR) is 78.8 cm³/mol. The zero-order valence-electron chi connectivity index (χ0n) is 11.4. The van der Waals surface area contributed by atoms with Crippen LogP contribution in [0.3, 0.4) is 0 Å². The van der Waals surface area contributed by atoms with E-state index < -0.39 is 0 Å². The Morgan fingerprint density at radius 2 is 2.30 bits per heavy atom. The fourth-order valence-corrected chi connectivity index (χ4v) is 3.33. The van der Waals surface area contributed by atoms with Gasteiger partial charge in [0.1, 0.15) is 6.33 Å². The number of aromatic nitrogens is 3. The van der Waals surface area contributed by atoms with Gasteiger partial charge in [-0.1, -0.05) is 30.0 Å². The van der Waals surface area contributed by atoms with Crippen LogP contribution in [-0.2, 0) is 11.2 Å². The molecule has 0 aliphatic carbocycles. The van der Waals surface area contributed by atoms with Gasteiger partial charge in [0.05, 0.1) is 5.25 Å². The van der Waals surface area contributed by atoms with E-state index in [9.17, 15) is 4.79 Å². The molecule has 104 valence electrons. The Morgan fingerprint density at radius 1 is 1.50 bits per heavy atom. The summed E-state index contributed by atoms with van der Waals surface area (Å²) in [6.07, 6.45) is 2.37. The summed E-state index contributed by atoms with van der Waals surface area (Å²) in [5.74, 6) is 0.115. The van der Waals surface area contributed by atoms with E-state index in [0.29, 0.717) is 5.16 Å². The van der Waals surface area contributed by atoms with Crippen LogP contribution in [0.2, 0.25) is 0 Å². The third-order valence-corrected chi connectivity index (χ3v) is 4.45. The summed E-state index contributed by atoms with van der Waals surface area (Å²) in [6, 6.07) is 8.31. The van der Waals surface area contributed by atoms with Crippen molar-refractivity contribution in [1.29, 1.82) is 0 Å². The number of rotatable bonds is 3. The molecule has 2 heterocycles. The summed E-state index contributed by atoms with van der Waals surface area (Å²) >= 11 is 1.40. The van der Waals surface area contributed by atoms with Crippen molar-refractivity contribution in [1.82, 2.24) is 15.2 Å². The van der Waals surface area contributed by atoms with Gasteiger partial charge in [-0.25, -0.2) is 4.98 Å². The Balaban J connectivity index is 1.80. The van der Waals surface area contributed by atoms with E-state index in [1.165, 1.54) is 23.7 Å². The number of nitrogens with zero attached hydrogens (tertiary/aromatic N) is 3. The lowest BCUT2D eigenvalue weighted by atomic mass is 10.1. The van der Waals surface area contributed by atoms with Crippen molar-refractivity contribution in [3.63, 3.8) is 0 Å². The molecule has 1 aliphatic heterocycles. The SMILES string of the molecule is C[C@@H]1Cc2ccccc2N1C(=O)[C@@H](C)Sc1ncn[nH]1. The van der Waals surface area contributed by atoms with Crippen molar-refractivity contribution >= 4 is 23.4 Å². The monoisotopic (exact) mass is 288 g/mol. The first-order valence-corrected chi connectivity index (χ1v) is 7.48. The zero-order chi connectivity index (χ0) is 14.1. The van der Waals surface area contributed by atoms with Crippen molar-refractivity contribution in [2.45, 2.75) is 36.7 Å². The number of anilines is 1. The Morgan fingerprint density at radius 3 is 3.05 bits per heavy atom. The Kier molecular flexibility index (Phi) is 3.48. The molecule has 0 fully saturated rings. The van der Waals surface area contributed by atoms with Crippen molar-refractivity contribution < 1.29 is 4.79 Å². The van der Waals surface area contributed by atoms with Gasteiger partial charge in [-0.15, -0.1) is 0 Å². The summed E-state index contributed by atoms with van der Waals surface area (Å²) in [5, 5.41) is 7.05. The van der Waals surface area contributed by atoms with Gasteiger partial charge in [-0.05, 0) is 31.9 Å². The minimum atomic E-state index is -0.198. The lowest BCUT2D eigenvalue weighted by Gasteiger charge is -2.25. The minimum absolute atomic E-state index is 0.115. The average Bonchev–Trinajstić information content (AvgIpc) is 3.04. The number of aromatic amines is 1. The second-order valence-corrected chi connectivity index (χ2v) is 6.27. The number of H-pyrrole nitrogens is 1. The zero-order valence-corrected chi connectivity index (χ0v) is 12.2. The molecular weight excluding hydrogens is 272 g/mol. The van der Waals surface area contributed by atoms with E-state index in [2.05, 4.69) is 28.2 Å². The molecule has 2 atom stereocenters. The van der Waals surface area contributed by atoms with Gasteiger partial charge >= 0.3 is 0 Å². The van der Waals surface area contributed by atoms with Crippen LogP contribution in [0, 0.1) is 0 Å². The molecule has 0 radical (unpaired) electrons. The predicted octanol–water partition coefficient (Wildman–Crippen LogP) is 2.26. The van der Waals surface area contributed by atoms with Gasteiger partial charge in [0.25, 0.3) is 0 Å². The highest BCUT2D eigenvalue weighted by Gasteiger charge is 2.33. The highest BCUT2D eigenvalue weighted by Crippen LogP contribution is 2.34. The fraction of sp³-hybridized carbons (Fsp3) is 0.357. The lowest BCUT2D eigenvalue weighted by molar-refractivity contribution is -0.118. The van der Waals surface area contributed by atoms with Crippen LogP contribution in [0.25, 0.3) is 0 Å². The second kappa shape index (κ2) is 5.28. The number of carbonyl (C=O) groups excluding carboxylic acids is 1. The fourth-order valence-electron chi connectivity index (χ4n) is 2.57. The number of thioether (sulfide) groups is 1. The summed E-state index contributed by atoms with van der Waals surface area (Å²) in [5.41, 5.74) is 2.28. The van der Waals surface area contributed by atoms with Gasteiger partial charge in [0.2, 0.25) is 5.91 Å². The van der Waals surface area contributed by atoms with Crippen LogP contribution in [0.1, 0.15) is 19.4 Å². The van der Waals surface area contributed by atoms with Crippen LogP contribution in [0.15, 0.2) is 35.7 Å². The largest absolute Gasteiger partial charge is 0.308 e. The molecule has 0 spiro atoms. The number of amides is 1. The Labute approximate surface area is 121 Å². The number of carbonyl (C=O) groups is 1. The normalized spacial score (nSPS) is 18.9. The van der Waals surface area contributed by atoms with Crippen LogP contribution >= 0.6 is 11.8 Å².